The van der Waals surface area contributed by atoms with Crippen LogP contribution in [0.3, 0.4) is 0 Å². The Morgan fingerprint density at radius 3 is 2.31 bits per heavy atom. The van der Waals surface area contributed by atoms with Crippen LogP contribution < -0.4 is 14.8 Å². The molecule has 6 nitrogen and oxygen atoms in total. The first kappa shape index (κ1) is 23.3. The molecule has 0 fully saturated rings. The molecule has 168 valence electrons. The fourth-order valence-electron chi connectivity index (χ4n) is 2.64. The van der Waals surface area contributed by atoms with E-state index in [9.17, 15) is 22.4 Å². The Morgan fingerprint density at radius 2 is 1.69 bits per heavy atom. The standard InChI is InChI=1S/C21H17F4N3O3S/c1-30-16-8-3-12(9-17(16)31-2)15-10-18(21(23,24)25)28-20(27-15)32-11-19(29)26-14-6-4-13(22)5-7-14/h3-10H,11H2,1-2H3,(H,26,29). The van der Waals surface area contributed by atoms with Gasteiger partial charge in [0, 0.05) is 11.3 Å². The number of amides is 1. The van der Waals surface area contributed by atoms with Gasteiger partial charge in [0.05, 0.1) is 25.7 Å². The summed E-state index contributed by atoms with van der Waals surface area (Å²) in [6.45, 7) is 0. The van der Waals surface area contributed by atoms with Crippen molar-refractivity contribution in [3.63, 3.8) is 0 Å². The van der Waals surface area contributed by atoms with Crippen LogP contribution in [0, 0.1) is 5.82 Å². The zero-order chi connectivity index (χ0) is 23.3. The summed E-state index contributed by atoms with van der Waals surface area (Å²) < 4.78 is 63.5. The minimum atomic E-state index is -4.71. The number of thioether (sulfide) groups is 1. The van der Waals surface area contributed by atoms with E-state index < -0.39 is 23.6 Å². The molecule has 0 atom stereocenters. The van der Waals surface area contributed by atoms with Crippen molar-refractivity contribution in [2.24, 2.45) is 0 Å². The summed E-state index contributed by atoms with van der Waals surface area (Å²) in [7, 11) is 2.85. The van der Waals surface area contributed by atoms with Gasteiger partial charge in [0.15, 0.2) is 16.7 Å². The second-order valence-electron chi connectivity index (χ2n) is 6.33. The van der Waals surface area contributed by atoms with Gasteiger partial charge in [-0.25, -0.2) is 14.4 Å². The highest BCUT2D eigenvalue weighted by Crippen LogP contribution is 2.35. The number of ether oxygens (including phenoxy) is 2. The number of alkyl halides is 3. The Morgan fingerprint density at radius 1 is 1.00 bits per heavy atom. The quantitative estimate of drug-likeness (QED) is 0.298. The zero-order valence-corrected chi connectivity index (χ0v) is 17.7. The maximum absolute atomic E-state index is 13.4. The van der Waals surface area contributed by atoms with E-state index in [-0.39, 0.29) is 16.6 Å². The normalized spacial score (nSPS) is 11.2. The minimum Gasteiger partial charge on any atom is -0.493 e. The molecule has 1 N–H and O–H groups in total. The summed E-state index contributed by atoms with van der Waals surface area (Å²) in [5.41, 5.74) is -0.422. The van der Waals surface area contributed by atoms with Crippen molar-refractivity contribution < 1.29 is 31.8 Å². The molecule has 1 heterocycles. The van der Waals surface area contributed by atoms with Gasteiger partial charge >= 0.3 is 6.18 Å². The maximum atomic E-state index is 13.4. The molecule has 0 aliphatic heterocycles. The second kappa shape index (κ2) is 9.86. The van der Waals surface area contributed by atoms with E-state index in [1.54, 1.807) is 12.1 Å². The number of nitrogens with one attached hydrogen (secondary N) is 1. The number of methoxy groups -OCH3 is 2. The molecular weight excluding hydrogens is 450 g/mol. The highest BCUT2D eigenvalue weighted by atomic mass is 32.2. The van der Waals surface area contributed by atoms with Crippen LogP contribution in [0.2, 0.25) is 0 Å². The molecule has 1 aromatic heterocycles. The van der Waals surface area contributed by atoms with E-state index in [1.807, 2.05) is 0 Å². The molecule has 0 saturated carbocycles. The van der Waals surface area contributed by atoms with Gasteiger partial charge in [0.25, 0.3) is 0 Å². The van der Waals surface area contributed by atoms with Crippen molar-refractivity contribution in [1.82, 2.24) is 9.97 Å². The van der Waals surface area contributed by atoms with Crippen LogP contribution in [0.1, 0.15) is 5.69 Å². The van der Waals surface area contributed by atoms with Crippen LogP contribution >= 0.6 is 11.8 Å². The van der Waals surface area contributed by atoms with Gasteiger partial charge in [-0.3, -0.25) is 4.79 Å². The number of aromatic nitrogens is 2. The lowest BCUT2D eigenvalue weighted by Crippen LogP contribution is -2.15. The second-order valence-corrected chi connectivity index (χ2v) is 7.27. The van der Waals surface area contributed by atoms with E-state index in [2.05, 4.69) is 15.3 Å². The van der Waals surface area contributed by atoms with E-state index in [0.29, 0.717) is 22.7 Å². The fraction of sp³-hybridized carbons (Fsp3) is 0.190. The Bertz CT molecular complexity index is 1110. The Kier molecular flexibility index (Phi) is 7.18. The molecule has 3 rings (SSSR count). The van der Waals surface area contributed by atoms with Gasteiger partial charge < -0.3 is 14.8 Å². The molecule has 0 aliphatic rings. The average molecular weight is 467 g/mol. The summed E-state index contributed by atoms with van der Waals surface area (Å²) in [6.07, 6.45) is -4.71. The van der Waals surface area contributed by atoms with Gasteiger partial charge in [-0.05, 0) is 48.5 Å². The Balaban J connectivity index is 1.84. The molecule has 0 aliphatic carbocycles. The molecule has 2 aromatic carbocycles. The smallest absolute Gasteiger partial charge is 0.433 e. The van der Waals surface area contributed by atoms with Crippen molar-refractivity contribution in [2.75, 3.05) is 25.3 Å². The zero-order valence-electron chi connectivity index (χ0n) is 16.9. The number of halogens is 4. The number of benzene rings is 2. The third-order valence-electron chi connectivity index (χ3n) is 4.14. The number of rotatable bonds is 7. The van der Waals surface area contributed by atoms with Crippen LogP contribution in [0.4, 0.5) is 23.2 Å². The third kappa shape index (κ3) is 5.88. The number of carbonyl (C=O) groups is 1. The maximum Gasteiger partial charge on any atom is 0.433 e. The number of hydrogen-bond donors (Lipinski definition) is 1. The first-order chi connectivity index (χ1) is 15.2. The van der Waals surface area contributed by atoms with Crippen LogP contribution in [-0.2, 0) is 11.0 Å². The lowest BCUT2D eigenvalue weighted by molar-refractivity contribution is -0.141. The number of anilines is 1. The molecule has 3 aromatic rings. The van der Waals surface area contributed by atoms with Crippen molar-refractivity contribution in [3.05, 3.63) is 60.0 Å². The summed E-state index contributed by atoms with van der Waals surface area (Å²) in [5, 5.41) is 2.30. The molecule has 11 heteroatoms. The Hall–Kier alpha value is -3.34. The highest BCUT2D eigenvalue weighted by molar-refractivity contribution is 7.99. The first-order valence-corrected chi connectivity index (χ1v) is 10.0. The molecule has 1 amide bonds. The number of carbonyl (C=O) groups excluding carboxylic acids is 1. The molecule has 32 heavy (non-hydrogen) atoms. The van der Waals surface area contributed by atoms with Crippen LogP contribution in [0.5, 0.6) is 11.5 Å². The Labute approximate surface area is 185 Å². The van der Waals surface area contributed by atoms with Gasteiger partial charge in [-0.1, -0.05) is 11.8 Å². The lowest BCUT2D eigenvalue weighted by Gasteiger charge is -2.12. The molecule has 0 bridgehead atoms. The summed E-state index contributed by atoms with van der Waals surface area (Å²) in [4.78, 5) is 19.8. The molecule has 0 radical (unpaired) electrons. The van der Waals surface area contributed by atoms with E-state index in [1.165, 1.54) is 44.6 Å². The largest absolute Gasteiger partial charge is 0.493 e. The average Bonchev–Trinajstić information content (AvgIpc) is 2.78. The minimum absolute atomic E-state index is 0.00900. The molecule has 0 saturated heterocycles. The van der Waals surface area contributed by atoms with E-state index in [4.69, 9.17) is 9.47 Å². The molecular formula is C21H17F4N3O3S. The highest BCUT2D eigenvalue weighted by Gasteiger charge is 2.34. The fourth-order valence-corrected chi connectivity index (χ4v) is 3.30. The molecule has 0 unspecified atom stereocenters. The number of hydrogen-bond acceptors (Lipinski definition) is 6. The summed E-state index contributed by atoms with van der Waals surface area (Å²) in [6, 6.07) is 10.5. The van der Waals surface area contributed by atoms with Crippen molar-refractivity contribution in [2.45, 2.75) is 11.3 Å². The predicted molar refractivity (Wildman–Crippen MR) is 111 cm³/mol. The van der Waals surface area contributed by atoms with Gasteiger partial charge in [0.2, 0.25) is 5.91 Å². The van der Waals surface area contributed by atoms with Crippen LogP contribution in [0.25, 0.3) is 11.3 Å². The SMILES string of the molecule is COc1ccc(-c2cc(C(F)(F)F)nc(SCC(=O)Nc3ccc(F)cc3)n2)cc1OC. The topological polar surface area (TPSA) is 73.3 Å². The van der Waals surface area contributed by atoms with Crippen molar-refractivity contribution in [3.8, 4) is 22.8 Å². The predicted octanol–water partition coefficient (Wildman–Crippen LogP) is 5.05. The van der Waals surface area contributed by atoms with Crippen molar-refractivity contribution in [1.29, 1.82) is 0 Å². The van der Waals surface area contributed by atoms with Crippen LogP contribution in [-0.4, -0.2) is 35.8 Å². The van der Waals surface area contributed by atoms with Gasteiger partial charge in [-0.15, -0.1) is 0 Å². The van der Waals surface area contributed by atoms with E-state index >= 15 is 0 Å². The third-order valence-corrected chi connectivity index (χ3v) is 4.98. The van der Waals surface area contributed by atoms with Crippen LogP contribution in [0.15, 0.2) is 53.7 Å². The van der Waals surface area contributed by atoms with Gasteiger partial charge in [-0.2, -0.15) is 13.2 Å². The van der Waals surface area contributed by atoms with Crippen molar-refractivity contribution >= 4 is 23.4 Å². The summed E-state index contributed by atoms with van der Waals surface area (Å²) in [5.74, 6) is -0.476. The summed E-state index contributed by atoms with van der Waals surface area (Å²) >= 11 is 0.743. The van der Waals surface area contributed by atoms with Gasteiger partial charge in [0.1, 0.15) is 11.5 Å². The monoisotopic (exact) mass is 467 g/mol. The first-order valence-electron chi connectivity index (χ1n) is 9.06. The van der Waals surface area contributed by atoms with E-state index in [0.717, 1.165) is 17.8 Å². The molecule has 0 spiro atoms. The number of nitrogens with zero attached hydrogens (tertiary/aromatic N) is 2. The lowest BCUT2D eigenvalue weighted by atomic mass is 10.1.